The van der Waals surface area contributed by atoms with E-state index in [1.165, 1.54) is 18.2 Å². The van der Waals surface area contributed by atoms with E-state index in [9.17, 15) is 9.50 Å². The second kappa shape index (κ2) is 5.46. The number of phenols is 1. The summed E-state index contributed by atoms with van der Waals surface area (Å²) < 4.78 is 13.0. The Kier molecular flexibility index (Phi) is 3.93. The van der Waals surface area contributed by atoms with E-state index in [0.717, 1.165) is 9.88 Å². The predicted molar refractivity (Wildman–Crippen MR) is 70.2 cm³/mol. The zero-order valence-corrected chi connectivity index (χ0v) is 11.1. The molecule has 0 bridgehead atoms. The number of halogens is 1. The van der Waals surface area contributed by atoms with Crippen LogP contribution in [0.15, 0.2) is 24.4 Å². The molecule has 2 rings (SSSR count). The van der Waals surface area contributed by atoms with E-state index in [4.69, 9.17) is 0 Å². The Morgan fingerprint density at radius 3 is 2.94 bits per heavy atom. The summed E-state index contributed by atoms with van der Waals surface area (Å²) >= 11 is 1.63. The third-order valence-corrected chi connectivity index (χ3v) is 3.75. The summed E-state index contributed by atoms with van der Waals surface area (Å²) in [5.41, 5.74) is 0.551. The smallest absolute Gasteiger partial charge is 0.123 e. The van der Waals surface area contributed by atoms with E-state index in [1.54, 1.807) is 11.3 Å². The van der Waals surface area contributed by atoms with Crippen molar-refractivity contribution >= 4 is 11.3 Å². The molecule has 1 aromatic heterocycles. The van der Waals surface area contributed by atoms with Gasteiger partial charge in [-0.15, -0.1) is 11.3 Å². The number of benzene rings is 1. The average molecular weight is 266 g/mol. The number of nitrogens with one attached hydrogen (secondary N) is 1. The van der Waals surface area contributed by atoms with Crippen LogP contribution in [0.2, 0.25) is 0 Å². The zero-order valence-electron chi connectivity index (χ0n) is 10.3. The van der Waals surface area contributed by atoms with E-state index in [2.05, 4.69) is 10.3 Å². The Labute approximate surface area is 109 Å². The van der Waals surface area contributed by atoms with Gasteiger partial charge in [0.1, 0.15) is 16.6 Å². The number of rotatable bonds is 4. The van der Waals surface area contributed by atoms with Gasteiger partial charge in [-0.2, -0.15) is 0 Å². The SMILES string of the molecule is Cc1cnc(C(C)NCc2cc(F)ccc2O)s1. The highest BCUT2D eigenvalue weighted by atomic mass is 32.1. The number of phenolic OH excluding ortho intramolecular Hbond substituents is 1. The van der Waals surface area contributed by atoms with Crippen LogP contribution in [0.25, 0.3) is 0 Å². The second-order valence-corrected chi connectivity index (χ2v) is 5.45. The van der Waals surface area contributed by atoms with Crippen molar-refractivity contribution in [2.75, 3.05) is 0 Å². The van der Waals surface area contributed by atoms with Crippen molar-refractivity contribution in [2.45, 2.75) is 26.4 Å². The minimum atomic E-state index is -0.345. The van der Waals surface area contributed by atoms with Crippen molar-refractivity contribution in [3.05, 3.63) is 45.7 Å². The minimum absolute atomic E-state index is 0.0753. The summed E-state index contributed by atoms with van der Waals surface area (Å²) in [5, 5.41) is 13.8. The maximum Gasteiger partial charge on any atom is 0.123 e. The molecule has 5 heteroatoms. The van der Waals surface area contributed by atoms with Crippen molar-refractivity contribution < 1.29 is 9.50 Å². The normalized spacial score (nSPS) is 12.6. The predicted octanol–water partition coefficient (Wildman–Crippen LogP) is 3.15. The molecule has 1 atom stereocenters. The highest BCUT2D eigenvalue weighted by Gasteiger charge is 2.10. The van der Waals surface area contributed by atoms with E-state index in [0.29, 0.717) is 12.1 Å². The zero-order chi connectivity index (χ0) is 13.1. The van der Waals surface area contributed by atoms with Crippen molar-refractivity contribution in [3.63, 3.8) is 0 Å². The lowest BCUT2D eigenvalue weighted by molar-refractivity contribution is 0.457. The van der Waals surface area contributed by atoms with Crippen LogP contribution >= 0.6 is 11.3 Å². The van der Waals surface area contributed by atoms with Gasteiger partial charge in [0.25, 0.3) is 0 Å². The topological polar surface area (TPSA) is 45.2 Å². The van der Waals surface area contributed by atoms with Crippen LogP contribution in [0.4, 0.5) is 4.39 Å². The summed E-state index contributed by atoms with van der Waals surface area (Å²) in [7, 11) is 0. The van der Waals surface area contributed by atoms with Crippen molar-refractivity contribution in [1.29, 1.82) is 0 Å². The lowest BCUT2D eigenvalue weighted by Gasteiger charge is -2.12. The highest BCUT2D eigenvalue weighted by molar-refractivity contribution is 7.11. The standard InChI is InChI=1S/C13H15FN2OS/c1-8-6-16-13(18-8)9(2)15-7-10-5-11(14)3-4-12(10)17/h3-6,9,15,17H,7H2,1-2H3. The molecule has 0 fully saturated rings. The molecule has 96 valence electrons. The fraction of sp³-hybridized carbons (Fsp3) is 0.308. The molecule has 1 aromatic carbocycles. The number of aromatic nitrogens is 1. The van der Waals surface area contributed by atoms with Gasteiger partial charge in [-0.25, -0.2) is 9.37 Å². The minimum Gasteiger partial charge on any atom is -0.508 e. The summed E-state index contributed by atoms with van der Waals surface area (Å²) in [6, 6.07) is 4.02. The first-order valence-electron chi connectivity index (χ1n) is 5.69. The summed E-state index contributed by atoms with van der Waals surface area (Å²) in [5.74, 6) is -0.242. The van der Waals surface area contributed by atoms with Crippen LogP contribution in [-0.2, 0) is 6.54 Å². The highest BCUT2D eigenvalue weighted by Crippen LogP contribution is 2.21. The quantitative estimate of drug-likeness (QED) is 0.893. The largest absolute Gasteiger partial charge is 0.508 e. The molecule has 2 N–H and O–H groups in total. The van der Waals surface area contributed by atoms with E-state index in [-0.39, 0.29) is 17.6 Å². The third kappa shape index (κ3) is 3.05. The average Bonchev–Trinajstić information content (AvgIpc) is 2.77. The molecule has 0 saturated carbocycles. The molecule has 0 saturated heterocycles. The van der Waals surface area contributed by atoms with E-state index >= 15 is 0 Å². The molecule has 2 aromatic rings. The maximum atomic E-state index is 13.0. The first kappa shape index (κ1) is 13.0. The molecule has 0 radical (unpaired) electrons. The second-order valence-electron chi connectivity index (χ2n) is 4.18. The van der Waals surface area contributed by atoms with Gasteiger partial charge in [-0.3, -0.25) is 0 Å². The first-order valence-corrected chi connectivity index (χ1v) is 6.51. The van der Waals surface area contributed by atoms with Crippen molar-refractivity contribution in [2.24, 2.45) is 0 Å². The third-order valence-electron chi connectivity index (χ3n) is 2.65. The Bertz CT molecular complexity index is 542. The fourth-order valence-corrected chi connectivity index (χ4v) is 2.42. The van der Waals surface area contributed by atoms with Gasteiger partial charge in [0.05, 0.1) is 6.04 Å². The fourth-order valence-electron chi connectivity index (χ4n) is 1.62. The number of nitrogens with zero attached hydrogens (tertiary/aromatic N) is 1. The lowest BCUT2D eigenvalue weighted by Crippen LogP contribution is -2.18. The first-order chi connectivity index (χ1) is 8.56. The van der Waals surface area contributed by atoms with Crippen LogP contribution in [0.1, 0.15) is 28.4 Å². The Hall–Kier alpha value is -1.46. The number of hydrogen-bond acceptors (Lipinski definition) is 4. The summed E-state index contributed by atoms with van der Waals surface area (Å²) in [6.45, 7) is 4.41. The molecule has 1 unspecified atom stereocenters. The van der Waals surface area contributed by atoms with Crippen LogP contribution in [0.5, 0.6) is 5.75 Å². The molecule has 0 amide bonds. The van der Waals surface area contributed by atoms with Gasteiger partial charge < -0.3 is 10.4 Å². The Morgan fingerprint density at radius 2 is 2.28 bits per heavy atom. The maximum absolute atomic E-state index is 13.0. The lowest BCUT2D eigenvalue weighted by atomic mass is 10.2. The molecular weight excluding hydrogens is 251 g/mol. The van der Waals surface area contributed by atoms with Crippen LogP contribution in [-0.4, -0.2) is 10.1 Å². The van der Waals surface area contributed by atoms with Gasteiger partial charge in [-0.1, -0.05) is 0 Å². The molecular formula is C13H15FN2OS. The van der Waals surface area contributed by atoms with Gasteiger partial charge in [0.15, 0.2) is 0 Å². The summed E-state index contributed by atoms with van der Waals surface area (Å²) in [4.78, 5) is 5.45. The monoisotopic (exact) mass is 266 g/mol. The van der Waals surface area contributed by atoms with Gasteiger partial charge in [0.2, 0.25) is 0 Å². The van der Waals surface area contributed by atoms with Gasteiger partial charge >= 0.3 is 0 Å². The van der Waals surface area contributed by atoms with Crippen molar-refractivity contribution in [1.82, 2.24) is 10.3 Å². The number of aromatic hydroxyl groups is 1. The van der Waals surface area contributed by atoms with Crippen LogP contribution < -0.4 is 5.32 Å². The van der Waals surface area contributed by atoms with Crippen LogP contribution in [0, 0.1) is 12.7 Å². The number of aryl methyl sites for hydroxylation is 1. The summed E-state index contributed by atoms with van der Waals surface area (Å²) in [6.07, 6.45) is 1.83. The van der Waals surface area contributed by atoms with Crippen LogP contribution in [0.3, 0.4) is 0 Å². The molecule has 0 aliphatic heterocycles. The molecule has 0 aliphatic carbocycles. The van der Waals surface area contributed by atoms with Crippen molar-refractivity contribution in [3.8, 4) is 5.75 Å². The molecule has 0 aliphatic rings. The Morgan fingerprint density at radius 1 is 1.50 bits per heavy atom. The van der Waals surface area contributed by atoms with E-state index < -0.39 is 0 Å². The van der Waals surface area contributed by atoms with E-state index in [1.807, 2.05) is 20.0 Å². The number of thiazole rings is 1. The molecule has 1 heterocycles. The van der Waals surface area contributed by atoms with Gasteiger partial charge in [0, 0.05) is 23.2 Å². The molecule has 3 nitrogen and oxygen atoms in total. The molecule has 0 spiro atoms. The Balaban J connectivity index is 2.01. The van der Waals surface area contributed by atoms with Gasteiger partial charge in [-0.05, 0) is 32.0 Å². The molecule has 18 heavy (non-hydrogen) atoms. The number of hydrogen-bond donors (Lipinski definition) is 2.